The summed E-state index contributed by atoms with van der Waals surface area (Å²) >= 11 is 0. The highest BCUT2D eigenvalue weighted by molar-refractivity contribution is 5.97. The molecule has 1 saturated carbocycles. The van der Waals surface area contributed by atoms with E-state index in [1.807, 2.05) is 17.0 Å². The third-order valence-electron chi connectivity index (χ3n) is 4.27. The fourth-order valence-electron chi connectivity index (χ4n) is 3.34. The summed E-state index contributed by atoms with van der Waals surface area (Å²) in [5.41, 5.74) is 8.32. The molecule has 1 heterocycles. The van der Waals surface area contributed by atoms with Gasteiger partial charge >= 0.3 is 0 Å². The molecule has 1 aliphatic heterocycles. The predicted molar refractivity (Wildman–Crippen MR) is 72.4 cm³/mol. The van der Waals surface area contributed by atoms with Gasteiger partial charge < -0.3 is 10.6 Å². The minimum absolute atomic E-state index is 0.133. The van der Waals surface area contributed by atoms with Crippen LogP contribution < -0.4 is 10.6 Å². The van der Waals surface area contributed by atoms with Gasteiger partial charge in [0.2, 0.25) is 5.91 Å². The highest BCUT2D eigenvalue weighted by Gasteiger charge is 2.37. The molecule has 2 aliphatic rings. The van der Waals surface area contributed by atoms with Crippen molar-refractivity contribution in [3.63, 3.8) is 0 Å². The summed E-state index contributed by atoms with van der Waals surface area (Å²) in [5.74, 6) is 0.411. The number of fused-ring (bicyclic) bond motifs is 1. The van der Waals surface area contributed by atoms with Crippen molar-refractivity contribution in [3.8, 4) is 0 Å². The number of rotatable bonds is 1. The number of carbonyl (C=O) groups excluding carboxylic acids is 1. The van der Waals surface area contributed by atoms with Gasteiger partial charge in [0.05, 0.1) is 0 Å². The van der Waals surface area contributed by atoms with Crippen LogP contribution >= 0.6 is 0 Å². The van der Waals surface area contributed by atoms with Gasteiger partial charge in [-0.3, -0.25) is 4.79 Å². The van der Waals surface area contributed by atoms with Crippen LogP contribution in [0.2, 0.25) is 0 Å². The van der Waals surface area contributed by atoms with Crippen LogP contribution in [-0.2, 0) is 11.2 Å². The quantitative estimate of drug-likeness (QED) is 0.822. The zero-order valence-corrected chi connectivity index (χ0v) is 10.8. The number of carbonyl (C=O) groups is 1. The first-order valence-corrected chi connectivity index (χ1v) is 6.83. The molecule has 1 aromatic carbocycles. The number of nitrogens with two attached hydrogens (primary N) is 1. The van der Waals surface area contributed by atoms with E-state index in [0.717, 1.165) is 31.4 Å². The van der Waals surface area contributed by atoms with E-state index in [-0.39, 0.29) is 23.9 Å². The first kappa shape index (κ1) is 11.7. The monoisotopic (exact) mass is 244 g/mol. The van der Waals surface area contributed by atoms with Crippen molar-refractivity contribution in [3.05, 3.63) is 29.8 Å². The Morgan fingerprint density at radius 2 is 2.11 bits per heavy atom. The van der Waals surface area contributed by atoms with E-state index in [2.05, 4.69) is 19.1 Å². The fourth-order valence-corrected chi connectivity index (χ4v) is 3.34. The molecule has 0 aromatic heterocycles. The number of para-hydroxylation sites is 1. The molecule has 3 unspecified atom stereocenters. The van der Waals surface area contributed by atoms with Crippen molar-refractivity contribution >= 4 is 11.6 Å². The Bertz CT molecular complexity index is 471. The van der Waals surface area contributed by atoms with E-state index in [0.29, 0.717) is 0 Å². The number of amides is 1. The van der Waals surface area contributed by atoms with Crippen LogP contribution in [0.1, 0.15) is 31.7 Å². The summed E-state index contributed by atoms with van der Waals surface area (Å²) < 4.78 is 0. The molecule has 3 heteroatoms. The second kappa shape index (κ2) is 4.39. The SMILES string of the molecule is CC1Cc2ccccc2N1C(=O)C1CCC(N)C1. The molecule has 1 aliphatic carbocycles. The highest BCUT2D eigenvalue weighted by atomic mass is 16.2. The lowest BCUT2D eigenvalue weighted by molar-refractivity contribution is -0.122. The molecule has 2 N–H and O–H groups in total. The van der Waals surface area contributed by atoms with Gasteiger partial charge in [0.15, 0.2) is 0 Å². The number of hydrogen-bond acceptors (Lipinski definition) is 2. The molecule has 3 atom stereocenters. The molecule has 96 valence electrons. The summed E-state index contributed by atoms with van der Waals surface area (Å²) in [6, 6.07) is 8.74. The van der Waals surface area contributed by atoms with E-state index in [4.69, 9.17) is 5.73 Å². The Balaban J connectivity index is 1.86. The van der Waals surface area contributed by atoms with Gasteiger partial charge in [-0.25, -0.2) is 0 Å². The number of hydrogen-bond donors (Lipinski definition) is 1. The lowest BCUT2D eigenvalue weighted by Crippen LogP contribution is -2.39. The molecule has 1 fully saturated rings. The Morgan fingerprint density at radius 3 is 2.83 bits per heavy atom. The Hall–Kier alpha value is -1.35. The van der Waals surface area contributed by atoms with Gasteiger partial charge in [-0.2, -0.15) is 0 Å². The van der Waals surface area contributed by atoms with E-state index >= 15 is 0 Å². The van der Waals surface area contributed by atoms with Gasteiger partial charge in [-0.15, -0.1) is 0 Å². The van der Waals surface area contributed by atoms with Crippen LogP contribution in [0, 0.1) is 5.92 Å². The van der Waals surface area contributed by atoms with Crippen molar-refractivity contribution in [2.75, 3.05) is 4.90 Å². The van der Waals surface area contributed by atoms with Crippen LogP contribution in [0.25, 0.3) is 0 Å². The minimum atomic E-state index is 0.133. The van der Waals surface area contributed by atoms with Gasteiger partial charge in [0.25, 0.3) is 0 Å². The first-order valence-electron chi connectivity index (χ1n) is 6.83. The van der Waals surface area contributed by atoms with Gasteiger partial charge in [0.1, 0.15) is 0 Å². The Morgan fingerprint density at radius 1 is 1.33 bits per heavy atom. The summed E-state index contributed by atoms with van der Waals surface area (Å²) in [7, 11) is 0. The smallest absolute Gasteiger partial charge is 0.230 e. The Kier molecular flexibility index (Phi) is 2.86. The molecule has 0 radical (unpaired) electrons. The molecular weight excluding hydrogens is 224 g/mol. The van der Waals surface area contributed by atoms with Crippen LogP contribution in [0.4, 0.5) is 5.69 Å². The first-order chi connectivity index (χ1) is 8.66. The van der Waals surface area contributed by atoms with E-state index in [1.54, 1.807) is 0 Å². The van der Waals surface area contributed by atoms with E-state index in [1.165, 1.54) is 5.56 Å². The Labute approximate surface area is 108 Å². The van der Waals surface area contributed by atoms with Gasteiger partial charge in [0, 0.05) is 23.7 Å². The molecule has 18 heavy (non-hydrogen) atoms. The zero-order chi connectivity index (χ0) is 12.7. The predicted octanol–water partition coefficient (Wildman–Crippen LogP) is 2.09. The van der Waals surface area contributed by atoms with Crippen LogP contribution in [0.3, 0.4) is 0 Å². The van der Waals surface area contributed by atoms with E-state index in [9.17, 15) is 4.79 Å². The summed E-state index contributed by atoms with van der Waals surface area (Å²) in [6.45, 7) is 2.13. The molecule has 0 spiro atoms. The van der Waals surface area contributed by atoms with Gasteiger partial charge in [-0.05, 0) is 44.2 Å². The molecule has 1 aromatic rings. The second-order valence-electron chi connectivity index (χ2n) is 5.66. The average molecular weight is 244 g/mol. The van der Waals surface area contributed by atoms with E-state index < -0.39 is 0 Å². The summed E-state index contributed by atoms with van der Waals surface area (Å²) in [4.78, 5) is 14.6. The summed E-state index contributed by atoms with van der Waals surface area (Å²) in [6.07, 6.45) is 3.76. The maximum Gasteiger partial charge on any atom is 0.230 e. The summed E-state index contributed by atoms with van der Waals surface area (Å²) in [5, 5.41) is 0. The molecule has 3 nitrogen and oxygen atoms in total. The molecular formula is C15H20N2O. The van der Waals surface area contributed by atoms with Gasteiger partial charge in [-0.1, -0.05) is 18.2 Å². The molecule has 0 saturated heterocycles. The third-order valence-corrected chi connectivity index (χ3v) is 4.27. The molecule has 1 amide bonds. The molecule has 0 bridgehead atoms. The van der Waals surface area contributed by atoms with Crippen LogP contribution in [0.15, 0.2) is 24.3 Å². The topological polar surface area (TPSA) is 46.3 Å². The number of nitrogens with zero attached hydrogens (tertiary/aromatic N) is 1. The normalized spacial score (nSPS) is 30.6. The maximum atomic E-state index is 12.6. The second-order valence-corrected chi connectivity index (χ2v) is 5.66. The van der Waals surface area contributed by atoms with Crippen LogP contribution in [-0.4, -0.2) is 18.0 Å². The lowest BCUT2D eigenvalue weighted by Gasteiger charge is -2.26. The van der Waals surface area contributed by atoms with Crippen LogP contribution in [0.5, 0.6) is 0 Å². The average Bonchev–Trinajstić information content (AvgIpc) is 2.91. The largest absolute Gasteiger partial charge is 0.328 e. The van der Waals surface area contributed by atoms with Crippen molar-refractivity contribution in [1.29, 1.82) is 0 Å². The third kappa shape index (κ3) is 1.83. The maximum absolute atomic E-state index is 12.6. The minimum Gasteiger partial charge on any atom is -0.328 e. The van der Waals surface area contributed by atoms with Crippen molar-refractivity contribution in [2.24, 2.45) is 11.7 Å². The number of benzene rings is 1. The van der Waals surface area contributed by atoms with Crippen molar-refractivity contribution < 1.29 is 4.79 Å². The zero-order valence-electron chi connectivity index (χ0n) is 10.8. The standard InChI is InChI=1S/C15H20N2O/c1-10-8-11-4-2-3-5-14(11)17(10)15(18)12-6-7-13(16)9-12/h2-5,10,12-13H,6-9,16H2,1H3. The fraction of sp³-hybridized carbons (Fsp3) is 0.533. The lowest BCUT2D eigenvalue weighted by atomic mass is 10.1. The van der Waals surface area contributed by atoms with Crippen molar-refractivity contribution in [1.82, 2.24) is 0 Å². The molecule has 3 rings (SSSR count). The highest BCUT2D eigenvalue weighted by Crippen LogP contribution is 2.35. The number of anilines is 1. The van der Waals surface area contributed by atoms with Crippen molar-refractivity contribution in [2.45, 2.75) is 44.7 Å².